The van der Waals surface area contributed by atoms with E-state index >= 15 is 0 Å². The maximum atomic E-state index is 5.67. The van der Waals surface area contributed by atoms with Crippen LogP contribution in [0.15, 0.2) is 18.3 Å². The molecule has 20 heavy (non-hydrogen) atoms. The van der Waals surface area contributed by atoms with Crippen molar-refractivity contribution in [3.05, 3.63) is 23.9 Å². The Balaban J connectivity index is 1.72. The molecule has 0 aliphatic carbocycles. The topological polar surface area (TPSA) is 43.4 Å². The Hall–Kier alpha value is -1.13. The van der Waals surface area contributed by atoms with Crippen LogP contribution in [-0.4, -0.2) is 37.9 Å². The minimum atomic E-state index is 0.506. The highest BCUT2D eigenvalue weighted by atomic mass is 16.5. The minimum absolute atomic E-state index is 0.506. The first-order chi connectivity index (χ1) is 9.81. The number of aromatic nitrogens is 1. The number of methoxy groups -OCH3 is 1. The Bertz CT molecular complexity index is 375. The molecule has 0 spiro atoms. The van der Waals surface area contributed by atoms with Crippen LogP contribution in [0.4, 0.5) is 0 Å². The highest BCUT2D eigenvalue weighted by Crippen LogP contribution is 2.19. The Kier molecular flexibility index (Phi) is 6.27. The average molecular weight is 278 g/mol. The number of likely N-dealkylation sites (N-methyl/N-ethyl adjacent to an activating group) is 1. The third-order valence-electron chi connectivity index (χ3n) is 4.00. The fourth-order valence-corrected chi connectivity index (χ4v) is 2.75. The molecular formula is C16H26N2O2. The molecule has 0 radical (unpaired) electrons. The summed E-state index contributed by atoms with van der Waals surface area (Å²) >= 11 is 0. The second kappa shape index (κ2) is 8.22. The van der Waals surface area contributed by atoms with Gasteiger partial charge in [-0.15, -0.1) is 0 Å². The van der Waals surface area contributed by atoms with Gasteiger partial charge in [0.05, 0.1) is 13.2 Å². The van der Waals surface area contributed by atoms with E-state index in [1.54, 1.807) is 7.11 Å². The molecule has 1 N–H and O–H groups in total. The summed E-state index contributed by atoms with van der Waals surface area (Å²) in [6.45, 7) is 0.956. The smallest absolute Gasteiger partial charge is 0.212 e. The molecule has 4 nitrogen and oxygen atoms in total. The summed E-state index contributed by atoms with van der Waals surface area (Å²) in [5.74, 6) is 0.674. The first-order valence-electron chi connectivity index (χ1n) is 7.59. The molecule has 0 aromatic carbocycles. The largest absolute Gasteiger partial charge is 0.481 e. The fourth-order valence-electron chi connectivity index (χ4n) is 2.75. The van der Waals surface area contributed by atoms with Gasteiger partial charge in [0.15, 0.2) is 0 Å². The quantitative estimate of drug-likeness (QED) is 0.793. The van der Waals surface area contributed by atoms with E-state index in [4.69, 9.17) is 9.47 Å². The molecule has 112 valence electrons. The molecule has 2 rings (SSSR count). The summed E-state index contributed by atoms with van der Waals surface area (Å²) in [6.07, 6.45) is 9.50. The van der Waals surface area contributed by atoms with Crippen LogP contribution in [0.25, 0.3) is 0 Å². The summed E-state index contributed by atoms with van der Waals surface area (Å²) in [5.41, 5.74) is 1.25. The van der Waals surface area contributed by atoms with E-state index in [2.05, 4.69) is 16.4 Å². The van der Waals surface area contributed by atoms with Gasteiger partial charge in [-0.05, 0) is 51.1 Å². The van der Waals surface area contributed by atoms with Gasteiger partial charge in [-0.1, -0.05) is 6.07 Å². The van der Waals surface area contributed by atoms with Crippen molar-refractivity contribution in [2.75, 3.05) is 20.8 Å². The van der Waals surface area contributed by atoms with Crippen molar-refractivity contribution in [1.82, 2.24) is 10.3 Å². The van der Waals surface area contributed by atoms with Crippen LogP contribution < -0.4 is 10.1 Å². The normalized spacial score (nSPS) is 20.0. The maximum absolute atomic E-state index is 5.67. The lowest BCUT2D eigenvalue weighted by Gasteiger charge is -2.17. The molecule has 1 fully saturated rings. The second-order valence-corrected chi connectivity index (χ2v) is 5.46. The number of hydrogen-bond acceptors (Lipinski definition) is 4. The summed E-state index contributed by atoms with van der Waals surface area (Å²) in [6, 6.07) is 4.52. The van der Waals surface area contributed by atoms with Crippen molar-refractivity contribution < 1.29 is 9.47 Å². The SMILES string of the molecule is CNC(CCCC1CCCO1)Cc1ccc(OC)nc1. The van der Waals surface area contributed by atoms with Gasteiger partial charge in [0.25, 0.3) is 0 Å². The highest BCUT2D eigenvalue weighted by molar-refractivity contribution is 5.18. The maximum Gasteiger partial charge on any atom is 0.212 e. The summed E-state index contributed by atoms with van der Waals surface area (Å²) in [5, 5.41) is 3.40. The number of ether oxygens (including phenoxy) is 2. The Morgan fingerprint density at radius 2 is 2.40 bits per heavy atom. The molecule has 4 heteroatoms. The Morgan fingerprint density at radius 3 is 3.00 bits per heavy atom. The summed E-state index contributed by atoms with van der Waals surface area (Å²) in [7, 11) is 3.68. The molecule has 0 bridgehead atoms. The highest BCUT2D eigenvalue weighted by Gasteiger charge is 2.16. The van der Waals surface area contributed by atoms with E-state index in [9.17, 15) is 0 Å². The van der Waals surface area contributed by atoms with Gasteiger partial charge in [-0.2, -0.15) is 0 Å². The average Bonchev–Trinajstić information content (AvgIpc) is 3.00. The zero-order valence-electron chi connectivity index (χ0n) is 12.6. The van der Waals surface area contributed by atoms with Gasteiger partial charge in [-0.3, -0.25) is 0 Å². The van der Waals surface area contributed by atoms with E-state index in [1.165, 1.54) is 37.7 Å². The molecule has 1 aromatic rings. The zero-order chi connectivity index (χ0) is 14.2. The lowest BCUT2D eigenvalue weighted by atomic mass is 10.0. The van der Waals surface area contributed by atoms with Gasteiger partial charge in [0, 0.05) is 24.9 Å². The number of hydrogen-bond donors (Lipinski definition) is 1. The van der Waals surface area contributed by atoms with Crippen LogP contribution in [0, 0.1) is 0 Å². The molecule has 2 unspecified atom stereocenters. The van der Waals surface area contributed by atoms with Crippen molar-refractivity contribution in [3.8, 4) is 5.88 Å². The number of rotatable bonds is 8. The lowest BCUT2D eigenvalue weighted by Crippen LogP contribution is -2.27. The second-order valence-electron chi connectivity index (χ2n) is 5.46. The van der Waals surface area contributed by atoms with Crippen LogP contribution in [0.1, 0.15) is 37.7 Å². The van der Waals surface area contributed by atoms with Gasteiger partial charge in [0.1, 0.15) is 0 Å². The van der Waals surface area contributed by atoms with Gasteiger partial charge in [0.2, 0.25) is 5.88 Å². The fraction of sp³-hybridized carbons (Fsp3) is 0.688. The van der Waals surface area contributed by atoms with Crippen molar-refractivity contribution in [1.29, 1.82) is 0 Å². The van der Waals surface area contributed by atoms with E-state index in [-0.39, 0.29) is 0 Å². The zero-order valence-corrected chi connectivity index (χ0v) is 12.6. The molecule has 2 atom stereocenters. The van der Waals surface area contributed by atoms with Crippen LogP contribution in [-0.2, 0) is 11.2 Å². The molecule has 1 aliphatic rings. The first-order valence-corrected chi connectivity index (χ1v) is 7.59. The van der Waals surface area contributed by atoms with Crippen LogP contribution >= 0.6 is 0 Å². The van der Waals surface area contributed by atoms with Crippen molar-refractivity contribution >= 4 is 0 Å². The van der Waals surface area contributed by atoms with Gasteiger partial charge >= 0.3 is 0 Å². The molecule has 1 aliphatic heterocycles. The third kappa shape index (κ3) is 4.76. The van der Waals surface area contributed by atoms with Crippen molar-refractivity contribution in [2.24, 2.45) is 0 Å². The van der Waals surface area contributed by atoms with E-state index < -0.39 is 0 Å². The first kappa shape index (κ1) is 15.3. The predicted octanol–water partition coefficient (Wildman–Crippen LogP) is 2.57. The van der Waals surface area contributed by atoms with Crippen molar-refractivity contribution in [2.45, 2.75) is 50.7 Å². The summed E-state index contributed by atoms with van der Waals surface area (Å²) < 4.78 is 10.7. The molecular weight excluding hydrogens is 252 g/mol. The van der Waals surface area contributed by atoms with Gasteiger partial charge in [-0.25, -0.2) is 4.98 Å². The van der Waals surface area contributed by atoms with Crippen LogP contribution in [0.5, 0.6) is 5.88 Å². The number of pyridine rings is 1. The van der Waals surface area contributed by atoms with Gasteiger partial charge < -0.3 is 14.8 Å². The number of nitrogens with one attached hydrogen (secondary N) is 1. The molecule has 1 aromatic heterocycles. The van der Waals surface area contributed by atoms with E-state index in [1.807, 2.05) is 19.3 Å². The van der Waals surface area contributed by atoms with E-state index in [0.717, 1.165) is 13.0 Å². The monoisotopic (exact) mass is 278 g/mol. The van der Waals surface area contributed by atoms with E-state index in [0.29, 0.717) is 18.0 Å². The van der Waals surface area contributed by atoms with Crippen molar-refractivity contribution in [3.63, 3.8) is 0 Å². The Morgan fingerprint density at radius 1 is 1.50 bits per heavy atom. The summed E-state index contributed by atoms with van der Waals surface area (Å²) in [4.78, 5) is 4.26. The molecule has 0 amide bonds. The minimum Gasteiger partial charge on any atom is -0.481 e. The number of nitrogens with zero attached hydrogens (tertiary/aromatic N) is 1. The predicted molar refractivity (Wildman–Crippen MR) is 80.2 cm³/mol. The van der Waals surface area contributed by atoms with Crippen LogP contribution in [0.2, 0.25) is 0 Å². The third-order valence-corrected chi connectivity index (χ3v) is 4.00. The molecule has 0 saturated carbocycles. The van der Waals surface area contributed by atoms with Crippen LogP contribution in [0.3, 0.4) is 0 Å². The standard InChI is InChI=1S/C16H26N2O2/c1-17-14(5-3-6-15-7-4-10-20-15)11-13-8-9-16(19-2)18-12-13/h8-9,12,14-15,17H,3-7,10-11H2,1-2H3. The molecule has 2 heterocycles. The molecule has 1 saturated heterocycles. The Labute approximate surface area is 121 Å². The lowest BCUT2D eigenvalue weighted by molar-refractivity contribution is 0.101.